The summed E-state index contributed by atoms with van der Waals surface area (Å²) in [5.74, 6) is -1.47. The number of carbonyl (C=O) groups is 2. The second-order valence-corrected chi connectivity index (χ2v) is 6.18. The summed E-state index contributed by atoms with van der Waals surface area (Å²) in [5.41, 5.74) is 1.96. The summed E-state index contributed by atoms with van der Waals surface area (Å²) in [7, 11) is 3.41. The van der Waals surface area contributed by atoms with Crippen molar-refractivity contribution in [1.82, 2.24) is 5.32 Å². The van der Waals surface area contributed by atoms with Crippen molar-refractivity contribution in [2.75, 3.05) is 30.9 Å². The molecule has 0 unspecified atom stereocenters. The number of nitrogens with one attached hydrogen (secondary N) is 2. The maximum absolute atomic E-state index is 13.9. The smallest absolute Gasteiger partial charge is 0.251 e. The van der Waals surface area contributed by atoms with E-state index in [0.717, 1.165) is 11.6 Å². The Bertz CT molecular complexity index is 809. The molecule has 0 saturated heterocycles. The van der Waals surface area contributed by atoms with Crippen molar-refractivity contribution < 1.29 is 14.0 Å². The standard InChI is InChI=1S/C18H19ClFN3O2/c1-11-4-6-15(13(19)8-11)22-17(24)10-21-18(25)12-5-7-16(23(2)3)14(20)9-12/h4-9H,10H2,1-3H3,(H,21,25)(H,22,24). The average molecular weight is 364 g/mol. The fourth-order valence-electron chi connectivity index (χ4n) is 2.19. The summed E-state index contributed by atoms with van der Waals surface area (Å²) in [4.78, 5) is 25.6. The lowest BCUT2D eigenvalue weighted by atomic mass is 10.1. The zero-order valence-corrected chi connectivity index (χ0v) is 14.9. The highest BCUT2D eigenvalue weighted by Gasteiger charge is 2.12. The summed E-state index contributed by atoms with van der Waals surface area (Å²) in [6, 6.07) is 9.38. The molecule has 0 saturated carbocycles. The predicted octanol–water partition coefficient (Wildman–Crippen LogP) is 3.22. The Morgan fingerprint density at radius 2 is 1.88 bits per heavy atom. The van der Waals surface area contributed by atoms with Crippen LogP contribution in [0, 0.1) is 12.7 Å². The van der Waals surface area contributed by atoms with Crippen LogP contribution < -0.4 is 15.5 Å². The fourth-order valence-corrected chi connectivity index (χ4v) is 2.47. The minimum atomic E-state index is -0.533. The van der Waals surface area contributed by atoms with Crippen LogP contribution in [0.1, 0.15) is 15.9 Å². The van der Waals surface area contributed by atoms with Crippen LogP contribution in [0.2, 0.25) is 5.02 Å². The molecular weight excluding hydrogens is 345 g/mol. The first-order chi connectivity index (χ1) is 11.8. The molecule has 0 aromatic heterocycles. The van der Waals surface area contributed by atoms with Gasteiger partial charge in [0.15, 0.2) is 0 Å². The van der Waals surface area contributed by atoms with Crippen LogP contribution in [-0.2, 0) is 4.79 Å². The molecule has 2 aromatic rings. The minimum absolute atomic E-state index is 0.143. The number of amides is 2. The van der Waals surface area contributed by atoms with Gasteiger partial charge in [0.2, 0.25) is 5.91 Å². The van der Waals surface area contributed by atoms with E-state index in [1.807, 2.05) is 13.0 Å². The molecule has 0 atom stereocenters. The molecule has 2 N–H and O–H groups in total. The molecule has 5 nitrogen and oxygen atoms in total. The molecule has 0 aliphatic carbocycles. The number of carbonyl (C=O) groups excluding carboxylic acids is 2. The Kier molecular flexibility index (Phi) is 5.98. The van der Waals surface area contributed by atoms with Gasteiger partial charge < -0.3 is 15.5 Å². The molecule has 25 heavy (non-hydrogen) atoms. The predicted molar refractivity (Wildman–Crippen MR) is 97.9 cm³/mol. The van der Waals surface area contributed by atoms with Gasteiger partial charge in [-0.05, 0) is 42.8 Å². The van der Waals surface area contributed by atoms with E-state index in [-0.39, 0.29) is 12.1 Å². The topological polar surface area (TPSA) is 61.4 Å². The third kappa shape index (κ3) is 4.93. The number of nitrogens with zero attached hydrogens (tertiary/aromatic N) is 1. The number of benzene rings is 2. The highest BCUT2D eigenvalue weighted by molar-refractivity contribution is 6.33. The van der Waals surface area contributed by atoms with Crippen molar-refractivity contribution in [3.05, 3.63) is 58.4 Å². The van der Waals surface area contributed by atoms with Crippen molar-refractivity contribution in [3.63, 3.8) is 0 Å². The molecule has 132 valence electrons. The van der Waals surface area contributed by atoms with E-state index >= 15 is 0 Å². The Morgan fingerprint density at radius 3 is 2.48 bits per heavy atom. The number of rotatable bonds is 5. The SMILES string of the molecule is Cc1ccc(NC(=O)CNC(=O)c2ccc(N(C)C)c(F)c2)c(Cl)c1. The molecule has 2 rings (SSSR count). The lowest BCUT2D eigenvalue weighted by Gasteiger charge is -2.14. The third-order valence-electron chi connectivity index (χ3n) is 3.50. The molecular formula is C18H19ClFN3O2. The first-order valence-electron chi connectivity index (χ1n) is 7.59. The summed E-state index contributed by atoms with van der Waals surface area (Å²) >= 11 is 6.04. The zero-order valence-electron chi connectivity index (χ0n) is 14.2. The third-order valence-corrected chi connectivity index (χ3v) is 3.81. The monoisotopic (exact) mass is 363 g/mol. The maximum atomic E-state index is 13.9. The van der Waals surface area contributed by atoms with E-state index in [2.05, 4.69) is 10.6 Å². The Balaban J connectivity index is 1.95. The van der Waals surface area contributed by atoms with Gasteiger partial charge >= 0.3 is 0 Å². The quantitative estimate of drug-likeness (QED) is 0.857. The summed E-state index contributed by atoms with van der Waals surface area (Å²) in [5, 5.41) is 5.48. The van der Waals surface area contributed by atoms with Crippen molar-refractivity contribution >= 4 is 34.8 Å². The van der Waals surface area contributed by atoms with Gasteiger partial charge in [0, 0.05) is 19.7 Å². The molecule has 0 aliphatic rings. The second-order valence-electron chi connectivity index (χ2n) is 5.77. The molecule has 0 spiro atoms. The maximum Gasteiger partial charge on any atom is 0.251 e. The van der Waals surface area contributed by atoms with E-state index in [1.54, 1.807) is 31.1 Å². The van der Waals surface area contributed by atoms with Gasteiger partial charge in [-0.2, -0.15) is 0 Å². The molecule has 0 fully saturated rings. The Morgan fingerprint density at radius 1 is 1.16 bits per heavy atom. The summed E-state index contributed by atoms with van der Waals surface area (Å²) in [6.07, 6.45) is 0. The van der Waals surface area contributed by atoms with Gasteiger partial charge in [0.05, 0.1) is 22.9 Å². The number of hydrogen-bond donors (Lipinski definition) is 2. The number of aryl methyl sites for hydroxylation is 1. The second kappa shape index (κ2) is 7.98. The van der Waals surface area contributed by atoms with E-state index in [4.69, 9.17) is 11.6 Å². The zero-order chi connectivity index (χ0) is 18.6. The number of hydrogen-bond acceptors (Lipinski definition) is 3. The van der Waals surface area contributed by atoms with Gasteiger partial charge in [-0.15, -0.1) is 0 Å². The van der Waals surface area contributed by atoms with E-state index in [1.165, 1.54) is 12.1 Å². The van der Waals surface area contributed by atoms with E-state index < -0.39 is 17.6 Å². The van der Waals surface area contributed by atoms with Crippen molar-refractivity contribution in [1.29, 1.82) is 0 Å². The molecule has 2 amide bonds. The average Bonchev–Trinajstić information content (AvgIpc) is 2.54. The van der Waals surface area contributed by atoms with Crippen LogP contribution in [0.4, 0.5) is 15.8 Å². The van der Waals surface area contributed by atoms with Crippen molar-refractivity contribution in [2.45, 2.75) is 6.92 Å². The molecule has 0 aliphatic heterocycles. The van der Waals surface area contributed by atoms with Crippen LogP contribution in [0.3, 0.4) is 0 Å². The molecule has 7 heteroatoms. The van der Waals surface area contributed by atoms with Crippen molar-refractivity contribution in [2.24, 2.45) is 0 Å². The molecule has 0 heterocycles. The van der Waals surface area contributed by atoms with Crippen LogP contribution in [0.5, 0.6) is 0 Å². The van der Waals surface area contributed by atoms with Crippen LogP contribution in [0.15, 0.2) is 36.4 Å². The first kappa shape index (κ1) is 18.7. The lowest BCUT2D eigenvalue weighted by molar-refractivity contribution is -0.115. The van der Waals surface area contributed by atoms with Gasteiger partial charge in [0.1, 0.15) is 5.82 Å². The van der Waals surface area contributed by atoms with Crippen LogP contribution >= 0.6 is 11.6 Å². The number of anilines is 2. The van der Waals surface area contributed by atoms with Crippen LogP contribution in [0.25, 0.3) is 0 Å². The largest absolute Gasteiger partial charge is 0.375 e. The van der Waals surface area contributed by atoms with Crippen LogP contribution in [-0.4, -0.2) is 32.5 Å². The molecule has 0 bridgehead atoms. The highest BCUT2D eigenvalue weighted by atomic mass is 35.5. The van der Waals surface area contributed by atoms with Gasteiger partial charge in [0.25, 0.3) is 5.91 Å². The number of halogens is 2. The first-order valence-corrected chi connectivity index (χ1v) is 7.97. The van der Waals surface area contributed by atoms with Gasteiger partial charge in [-0.1, -0.05) is 17.7 Å². The lowest BCUT2D eigenvalue weighted by Crippen LogP contribution is -2.33. The normalized spacial score (nSPS) is 10.3. The van der Waals surface area contributed by atoms with Gasteiger partial charge in [-0.25, -0.2) is 4.39 Å². The van der Waals surface area contributed by atoms with Crippen molar-refractivity contribution in [3.8, 4) is 0 Å². The summed E-state index contributed by atoms with van der Waals surface area (Å²) in [6.45, 7) is 1.64. The summed E-state index contributed by atoms with van der Waals surface area (Å²) < 4.78 is 13.9. The van der Waals surface area contributed by atoms with E-state index in [0.29, 0.717) is 16.4 Å². The van der Waals surface area contributed by atoms with Gasteiger partial charge in [-0.3, -0.25) is 9.59 Å². The Hall–Kier alpha value is -2.60. The molecule has 2 aromatic carbocycles. The minimum Gasteiger partial charge on any atom is -0.375 e. The highest BCUT2D eigenvalue weighted by Crippen LogP contribution is 2.22. The van der Waals surface area contributed by atoms with E-state index in [9.17, 15) is 14.0 Å². The fraction of sp³-hybridized carbons (Fsp3) is 0.222. The molecule has 0 radical (unpaired) electrons. The Labute approximate surface area is 150 Å².